The topological polar surface area (TPSA) is 146 Å². The average molecular weight is 538 g/mol. The Morgan fingerprint density at radius 1 is 1.06 bits per heavy atom. The van der Waals surface area contributed by atoms with E-state index in [-0.39, 0.29) is 22.9 Å². The van der Waals surface area contributed by atoms with Crippen LogP contribution in [0.5, 0.6) is 11.5 Å². The minimum atomic E-state index is -1.02. The number of nitro groups is 1. The number of nitrogens with zero attached hydrogens (tertiary/aromatic N) is 1. The number of amides is 2. The van der Waals surface area contributed by atoms with Crippen molar-refractivity contribution in [3.63, 3.8) is 0 Å². The summed E-state index contributed by atoms with van der Waals surface area (Å²) in [4.78, 5) is 47.8. The van der Waals surface area contributed by atoms with Gasteiger partial charge in [-0.15, -0.1) is 0 Å². The van der Waals surface area contributed by atoms with E-state index in [1.807, 2.05) is 0 Å². The molecule has 182 valence electrons. The van der Waals surface area contributed by atoms with Gasteiger partial charge in [-0.3, -0.25) is 19.7 Å². The van der Waals surface area contributed by atoms with E-state index >= 15 is 0 Å². The van der Waals surface area contributed by atoms with Gasteiger partial charge >= 0.3 is 5.97 Å². The Morgan fingerprint density at radius 3 is 2.18 bits per heavy atom. The predicted molar refractivity (Wildman–Crippen MR) is 126 cm³/mol. The Hall–Kier alpha value is -3.67. The number of benzene rings is 2. The Bertz CT molecular complexity index is 1070. The highest BCUT2D eigenvalue weighted by Crippen LogP contribution is 2.27. The Kier molecular flexibility index (Phi) is 9.36. The van der Waals surface area contributed by atoms with Gasteiger partial charge in [-0.2, -0.15) is 0 Å². The Labute approximate surface area is 204 Å². The fraction of sp³-hybridized carbons (Fsp3) is 0.318. The van der Waals surface area contributed by atoms with Gasteiger partial charge in [0.1, 0.15) is 17.5 Å². The van der Waals surface area contributed by atoms with E-state index in [4.69, 9.17) is 14.2 Å². The fourth-order valence-electron chi connectivity index (χ4n) is 2.79. The van der Waals surface area contributed by atoms with E-state index in [2.05, 4.69) is 26.6 Å². The van der Waals surface area contributed by atoms with Crippen LogP contribution >= 0.6 is 15.9 Å². The summed E-state index contributed by atoms with van der Waals surface area (Å²) in [5.41, 5.74) is 0.336. The first-order valence-corrected chi connectivity index (χ1v) is 10.8. The van der Waals surface area contributed by atoms with Crippen LogP contribution in [0.4, 0.5) is 11.4 Å². The molecule has 34 heavy (non-hydrogen) atoms. The van der Waals surface area contributed by atoms with Crippen LogP contribution in [0.15, 0.2) is 40.9 Å². The van der Waals surface area contributed by atoms with Gasteiger partial charge in [0.15, 0.2) is 6.61 Å². The van der Waals surface area contributed by atoms with E-state index in [1.165, 1.54) is 44.6 Å². The largest absolute Gasteiger partial charge is 0.497 e. The molecule has 1 atom stereocenters. The maximum Gasteiger partial charge on any atom is 0.329 e. The van der Waals surface area contributed by atoms with Crippen molar-refractivity contribution in [3.8, 4) is 11.5 Å². The lowest BCUT2D eigenvalue weighted by atomic mass is 10.0. The van der Waals surface area contributed by atoms with Crippen LogP contribution in [0.2, 0.25) is 0 Å². The molecule has 0 radical (unpaired) electrons. The van der Waals surface area contributed by atoms with E-state index in [1.54, 1.807) is 19.9 Å². The number of esters is 1. The molecule has 0 aliphatic carbocycles. The highest BCUT2D eigenvalue weighted by atomic mass is 79.9. The number of non-ortho nitro benzene ring substituents is 1. The predicted octanol–water partition coefficient (Wildman–Crippen LogP) is 3.31. The maximum absolute atomic E-state index is 12.7. The number of ether oxygens (including phenoxy) is 3. The fourth-order valence-corrected chi connectivity index (χ4v) is 3.26. The lowest BCUT2D eigenvalue weighted by molar-refractivity contribution is -0.384. The van der Waals surface area contributed by atoms with Gasteiger partial charge in [0.2, 0.25) is 0 Å². The van der Waals surface area contributed by atoms with Crippen LogP contribution in [-0.4, -0.2) is 49.6 Å². The van der Waals surface area contributed by atoms with Crippen LogP contribution in [0.1, 0.15) is 24.2 Å². The minimum absolute atomic E-state index is 0.152. The molecular weight excluding hydrogens is 514 g/mol. The molecular formula is C22H24BrN3O8. The molecule has 0 aromatic heterocycles. The van der Waals surface area contributed by atoms with Gasteiger partial charge in [0.05, 0.1) is 24.8 Å². The SMILES string of the molecule is COc1cc(OC)cc(C(=O)N[C@H](C(=O)OCC(=O)Nc2ccc([N+](=O)[O-])cc2Br)C(C)C)c1. The molecule has 2 aromatic carbocycles. The van der Waals surface area contributed by atoms with Gasteiger partial charge < -0.3 is 24.8 Å². The number of rotatable bonds is 10. The molecule has 0 spiro atoms. The van der Waals surface area contributed by atoms with Gasteiger partial charge in [0, 0.05) is 28.2 Å². The third-order valence-corrected chi connectivity index (χ3v) is 5.26. The molecule has 0 heterocycles. The molecule has 0 unspecified atom stereocenters. The zero-order valence-corrected chi connectivity index (χ0v) is 20.5. The summed E-state index contributed by atoms with van der Waals surface area (Å²) in [7, 11) is 2.90. The molecule has 2 rings (SSSR count). The molecule has 0 fully saturated rings. The monoisotopic (exact) mass is 537 g/mol. The third-order valence-electron chi connectivity index (χ3n) is 4.60. The number of nitro benzene ring substituents is 1. The van der Waals surface area contributed by atoms with Crippen LogP contribution in [0, 0.1) is 16.0 Å². The minimum Gasteiger partial charge on any atom is -0.497 e. The number of hydrogen-bond acceptors (Lipinski definition) is 8. The van der Waals surface area contributed by atoms with E-state index < -0.39 is 35.4 Å². The molecule has 2 N–H and O–H groups in total. The quantitative estimate of drug-likeness (QED) is 0.266. The lowest BCUT2D eigenvalue weighted by Crippen LogP contribution is -2.46. The van der Waals surface area contributed by atoms with Gasteiger partial charge in [-0.25, -0.2) is 4.79 Å². The third kappa shape index (κ3) is 7.17. The first kappa shape index (κ1) is 26.6. The molecule has 0 saturated heterocycles. The zero-order valence-electron chi connectivity index (χ0n) is 18.9. The summed E-state index contributed by atoms with van der Waals surface area (Å²) < 4.78 is 15.7. The number of halogens is 1. The summed E-state index contributed by atoms with van der Waals surface area (Å²) in [6.45, 7) is 2.81. The standard InChI is InChI=1S/C22H24BrN3O8/c1-12(2)20(25-21(28)13-7-15(32-3)10-16(8-13)33-4)22(29)34-11-19(27)24-18-6-5-14(26(30)31)9-17(18)23/h5-10,12,20H,11H2,1-4H3,(H,24,27)(H,25,28)/t20-/m0/s1. The Morgan fingerprint density at radius 2 is 1.68 bits per heavy atom. The normalized spacial score (nSPS) is 11.4. The molecule has 0 bridgehead atoms. The van der Waals surface area contributed by atoms with Crippen LogP contribution < -0.4 is 20.1 Å². The van der Waals surface area contributed by atoms with Crippen molar-refractivity contribution in [3.05, 3.63) is 56.5 Å². The van der Waals surface area contributed by atoms with Crippen LogP contribution in [0.3, 0.4) is 0 Å². The first-order chi connectivity index (χ1) is 16.0. The van der Waals surface area contributed by atoms with Crippen LogP contribution in [-0.2, 0) is 14.3 Å². The molecule has 12 heteroatoms. The van der Waals surface area contributed by atoms with E-state index in [9.17, 15) is 24.5 Å². The molecule has 2 amide bonds. The zero-order chi connectivity index (χ0) is 25.4. The van der Waals surface area contributed by atoms with Crippen molar-refractivity contribution in [2.75, 3.05) is 26.1 Å². The number of carbonyl (C=O) groups is 3. The number of methoxy groups -OCH3 is 2. The van der Waals surface area contributed by atoms with Crippen molar-refractivity contribution >= 4 is 45.1 Å². The second kappa shape index (κ2) is 12.0. The van der Waals surface area contributed by atoms with Gasteiger partial charge in [-0.05, 0) is 40.0 Å². The van der Waals surface area contributed by atoms with Crippen molar-refractivity contribution < 1.29 is 33.5 Å². The van der Waals surface area contributed by atoms with Crippen molar-refractivity contribution in [2.45, 2.75) is 19.9 Å². The summed E-state index contributed by atoms with van der Waals surface area (Å²) in [6, 6.07) is 7.38. The van der Waals surface area contributed by atoms with Crippen LogP contribution in [0.25, 0.3) is 0 Å². The second-order valence-electron chi connectivity index (χ2n) is 7.37. The van der Waals surface area contributed by atoms with Crippen molar-refractivity contribution in [1.29, 1.82) is 0 Å². The summed E-state index contributed by atoms with van der Waals surface area (Å²) in [6.07, 6.45) is 0. The summed E-state index contributed by atoms with van der Waals surface area (Å²) >= 11 is 3.14. The Balaban J connectivity index is 2.02. The van der Waals surface area contributed by atoms with Crippen molar-refractivity contribution in [2.24, 2.45) is 5.92 Å². The van der Waals surface area contributed by atoms with E-state index in [0.29, 0.717) is 16.0 Å². The van der Waals surface area contributed by atoms with Gasteiger partial charge in [-0.1, -0.05) is 13.8 Å². The molecule has 11 nitrogen and oxygen atoms in total. The van der Waals surface area contributed by atoms with E-state index in [0.717, 1.165) is 0 Å². The highest BCUT2D eigenvalue weighted by Gasteiger charge is 2.27. The maximum atomic E-state index is 12.7. The van der Waals surface area contributed by atoms with Crippen molar-refractivity contribution in [1.82, 2.24) is 5.32 Å². The highest BCUT2D eigenvalue weighted by molar-refractivity contribution is 9.10. The summed E-state index contributed by atoms with van der Waals surface area (Å²) in [5, 5.41) is 15.9. The lowest BCUT2D eigenvalue weighted by Gasteiger charge is -2.21. The molecule has 0 aliphatic rings. The molecule has 2 aromatic rings. The summed E-state index contributed by atoms with van der Waals surface area (Å²) in [5.74, 6) is -1.53. The number of anilines is 1. The molecule has 0 saturated carbocycles. The number of hydrogen-bond donors (Lipinski definition) is 2. The molecule has 0 aliphatic heterocycles. The number of carbonyl (C=O) groups excluding carboxylic acids is 3. The van der Waals surface area contributed by atoms with Gasteiger partial charge in [0.25, 0.3) is 17.5 Å². The second-order valence-corrected chi connectivity index (χ2v) is 8.23. The first-order valence-electron chi connectivity index (χ1n) is 10.00. The smallest absolute Gasteiger partial charge is 0.329 e. The average Bonchev–Trinajstić information content (AvgIpc) is 2.81. The number of nitrogens with one attached hydrogen (secondary N) is 2.